The number of rotatable bonds is 2. The monoisotopic (exact) mass is 298 g/mol. The number of halogens is 2. The van der Waals surface area contributed by atoms with Gasteiger partial charge in [0.1, 0.15) is 4.51 Å². The molecule has 72 valence electrons. The fourth-order valence-electron chi connectivity index (χ4n) is 1.79. The van der Waals surface area contributed by atoms with E-state index < -0.39 is 0 Å². The van der Waals surface area contributed by atoms with E-state index in [0.717, 1.165) is 11.8 Å². The smallest absolute Gasteiger partial charge is 0.135 e. The third-order valence-electron chi connectivity index (χ3n) is 2.99. The van der Waals surface area contributed by atoms with Gasteiger partial charge in [-0.25, -0.2) is 0 Å². The number of ether oxygens (including phenoxy) is 1. The van der Waals surface area contributed by atoms with Crippen LogP contribution in [0.3, 0.4) is 0 Å². The van der Waals surface area contributed by atoms with Crippen molar-refractivity contribution in [1.82, 2.24) is 0 Å². The lowest BCUT2D eigenvalue weighted by Gasteiger charge is -2.24. The van der Waals surface area contributed by atoms with Crippen LogP contribution < -0.4 is 0 Å². The van der Waals surface area contributed by atoms with Crippen LogP contribution in [0.2, 0.25) is 0 Å². The van der Waals surface area contributed by atoms with Crippen molar-refractivity contribution < 1.29 is 4.74 Å². The molecule has 0 aromatic heterocycles. The van der Waals surface area contributed by atoms with Gasteiger partial charge >= 0.3 is 0 Å². The van der Waals surface area contributed by atoms with Crippen molar-refractivity contribution in [3.8, 4) is 0 Å². The second kappa shape index (κ2) is 3.97. The Morgan fingerprint density at radius 1 is 1.42 bits per heavy atom. The third-order valence-corrected chi connectivity index (χ3v) is 5.76. The van der Waals surface area contributed by atoms with Gasteiger partial charge in [-0.15, -0.1) is 0 Å². The standard InChI is InChI=1S/C9H16Br2O/c1-4-8-6(2)7(3)9(11,5-10)12-8/h6-8H,4-5H2,1-3H3/t6?,7-,8+,9+/m0/s1. The third kappa shape index (κ3) is 1.73. The van der Waals surface area contributed by atoms with Crippen molar-refractivity contribution in [3.63, 3.8) is 0 Å². The Hall–Kier alpha value is 0.920. The van der Waals surface area contributed by atoms with Gasteiger partial charge in [-0.05, 0) is 12.3 Å². The van der Waals surface area contributed by atoms with Crippen LogP contribution in [0.15, 0.2) is 0 Å². The highest BCUT2D eigenvalue weighted by molar-refractivity contribution is 9.12. The molecule has 0 aromatic rings. The van der Waals surface area contributed by atoms with Crippen LogP contribution in [0.4, 0.5) is 0 Å². The summed E-state index contributed by atoms with van der Waals surface area (Å²) in [5.41, 5.74) is 0. The summed E-state index contributed by atoms with van der Waals surface area (Å²) >= 11 is 7.15. The summed E-state index contributed by atoms with van der Waals surface area (Å²) in [5.74, 6) is 1.22. The Balaban J connectivity index is 2.72. The van der Waals surface area contributed by atoms with Crippen molar-refractivity contribution >= 4 is 31.9 Å². The molecule has 0 aromatic carbocycles. The van der Waals surface area contributed by atoms with Crippen LogP contribution in [-0.4, -0.2) is 15.9 Å². The zero-order valence-corrected chi connectivity index (χ0v) is 11.0. The highest BCUT2D eigenvalue weighted by Crippen LogP contribution is 2.46. The molecule has 1 fully saturated rings. The Morgan fingerprint density at radius 2 is 2.00 bits per heavy atom. The van der Waals surface area contributed by atoms with Gasteiger partial charge in [0.2, 0.25) is 0 Å². The van der Waals surface area contributed by atoms with E-state index in [9.17, 15) is 0 Å². The quantitative estimate of drug-likeness (QED) is 0.709. The molecular weight excluding hydrogens is 284 g/mol. The minimum Gasteiger partial charge on any atom is -0.359 e. The van der Waals surface area contributed by atoms with Gasteiger partial charge in [0, 0.05) is 11.2 Å². The summed E-state index contributed by atoms with van der Waals surface area (Å²) in [6, 6.07) is 0. The Kier molecular flexibility index (Phi) is 3.64. The molecule has 0 radical (unpaired) electrons. The largest absolute Gasteiger partial charge is 0.359 e. The zero-order valence-electron chi connectivity index (χ0n) is 7.81. The predicted octanol–water partition coefficient (Wildman–Crippen LogP) is 3.55. The van der Waals surface area contributed by atoms with Gasteiger partial charge in [-0.1, -0.05) is 52.6 Å². The van der Waals surface area contributed by atoms with Crippen LogP contribution in [-0.2, 0) is 4.74 Å². The van der Waals surface area contributed by atoms with Crippen molar-refractivity contribution in [3.05, 3.63) is 0 Å². The number of alkyl halides is 2. The molecule has 3 heteroatoms. The highest BCUT2D eigenvalue weighted by atomic mass is 79.9. The molecule has 0 amide bonds. The molecule has 0 N–H and O–H groups in total. The molecule has 1 aliphatic rings. The molecule has 1 heterocycles. The lowest BCUT2D eigenvalue weighted by Crippen LogP contribution is -2.29. The highest BCUT2D eigenvalue weighted by Gasteiger charge is 2.47. The van der Waals surface area contributed by atoms with Crippen molar-refractivity contribution in [2.75, 3.05) is 5.33 Å². The minimum absolute atomic E-state index is 0.132. The van der Waals surface area contributed by atoms with Crippen LogP contribution in [0.1, 0.15) is 27.2 Å². The van der Waals surface area contributed by atoms with Crippen LogP contribution >= 0.6 is 31.9 Å². The van der Waals surface area contributed by atoms with Crippen LogP contribution in [0, 0.1) is 11.8 Å². The first-order valence-electron chi connectivity index (χ1n) is 4.48. The minimum atomic E-state index is -0.132. The maximum atomic E-state index is 5.94. The first-order chi connectivity index (χ1) is 5.55. The van der Waals surface area contributed by atoms with Crippen molar-refractivity contribution in [1.29, 1.82) is 0 Å². The Labute approximate surface area is 91.5 Å². The van der Waals surface area contributed by atoms with E-state index in [1.807, 2.05) is 0 Å². The fourth-order valence-corrected chi connectivity index (χ4v) is 3.09. The van der Waals surface area contributed by atoms with E-state index in [4.69, 9.17) is 4.74 Å². The van der Waals surface area contributed by atoms with E-state index in [2.05, 4.69) is 52.6 Å². The normalized spacial score (nSPS) is 48.2. The lowest BCUT2D eigenvalue weighted by molar-refractivity contribution is 0.0253. The van der Waals surface area contributed by atoms with E-state index >= 15 is 0 Å². The maximum absolute atomic E-state index is 5.94. The summed E-state index contributed by atoms with van der Waals surface area (Å²) in [5, 5.41) is 0.863. The van der Waals surface area contributed by atoms with Gasteiger partial charge < -0.3 is 4.74 Å². The van der Waals surface area contributed by atoms with E-state index in [0.29, 0.717) is 17.9 Å². The number of hydrogen-bond acceptors (Lipinski definition) is 1. The summed E-state index contributed by atoms with van der Waals surface area (Å²) in [6.07, 6.45) is 1.52. The molecule has 0 saturated carbocycles. The Morgan fingerprint density at radius 3 is 2.25 bits per heavy atom. The summed E-state index contributed by atoms with van der Waals surface area (Å²) in [7, 11) is 0. The summed E-state index contributed by atoms with van der Waals surface area (Å²) in [4.78, 5) is 0. The average Bonchev–Trinajstić information content (AvgIpc) is 2.31. The molecule has 0 bridgehead atoms. The van der Waals surface area contributed by atoms with Crippen LogP contribution in [0.5, 0.6) is 0 Å². The SMILES string of the molecule is CC[C@H]1O[C@](Br)(CBr)[C@@H](C)C1C. The zero-order chi connectivity index (χ0) is 9.35. The van der Waals surface area contributed by atoms with Gasteiger partial charge in [0.05, 0.1) is 6.10 Å². The molecular formula is C9H16Br2O. The second-order valence-corrected chi connectivity index (χ2v) is 5.54. The lowest BCUT2D eigenvalue weighted by atomic mass is 9.90. The molecule has 1 nitrogen and oxygen atoms in total. The van der Waals surface area contributed by atoms with Gasteiger partial charge in [0.15, 0.2) is 0 Å². The van der Waals surface area contributed by atoms with Gasteiger partial charge in [-0.2, -0.15) is 0 Å². The second-order valence-electron chi connectivity index (χ2n) is 3.63. The first-order valence-corrected chi connectivity index (χ1v) is 6.39. The van der Waals surface area contributed by atoms with Crippen molar-refractivity contribution in [2.24, 2.45) is 11.8 Å². The molecule has 1 aliphatic heterocycles. The van der Waals surface area contributed by atoms with E-state index in [1.54, 1.807) is 0 Å². The van der Waals surface area contributed by atoms with Crippen molar-refractivity contribution in [2.45, 2.75) is 37.8 Å². The number of hydrogen-bond donors (Lipinski definition) is 0. The van der Waals surface area contributed by atoms with Gasteiger partial charge in [-0.3, -0.25) is 0 Å². The topological polar surface area (TPSA) is 9.23 Å². The van der Waals surface area contributed by atoms with Crippen LogP contribution in [0.25, 0.3) is 0 Å². The molecule has 0 aliphatic carbocycles. The molecule has 1 saturated heterocycles. The Bertz CT molecular complexity index is 163. The maximum Gasteiger partial charge on any atom is 0.135 e. The molecule has 1 unspecified atom stereocenters. The predicted molar refractivity (Wildman–Crippen MR) is 58.9 cm³/mol. The average molecular weight is 300 g/mol. The molecule has 12 heavy (non-hydrogen) atoms. The van der Waals surface area contributed by atoms with Gasteiger partial charge in [0.25, 0.3) is 0 Å². The molecule has 4 atom stereocenters. The van der Waals surface area contributed by atoms with E-state index in [1.165, 1.54) is 0 Å². The molecule has 0 spiro atoms. The summed E-state index contributed by atoms with van der Waals surface area (Å²) < 4.78 is 5.81. The first kappa shape index (κ1) is 11.0. The molecule has 1 rings (SSSR count). The summed E-state index contributed by atoms with van der Waals surface area (Å²) in [6.45, 7) is 6.70. The van der Waals surface area contributed by atoms with E-state index in [-0.39, 0.29) is 4.51 Å². The fraction of sp³-hybridized carbons (Fsp3) is 1.00.